The number of carboxylic acids is 1. The molecule has 1 atom stereocenters. The van der Waals surface area contributed by atoms with Crippen LogP contribution >= 0.6 is 11.6 Å². The number of carbonyl (C=O) groups is 1. The van der Waals surface area contributed by atoms with Crippen LogP contribution in [0.4, 0.5) is 0 Å². The smallest absolute Gasteiger partial charge is 0.342 e. The monoisotopic (exact) mass is 241 g/mol. The summed E-state index contributed by atoms with van der Waals surface area (Å²) in [7, 11) is 0. The molecule has 1 unspecified atom stereocenters. The van der Waals surface area contributed by atoms with Gasteiger partial charge in [0.15, 0.2) is 5.58 Å². The van der Waals surface area contributed by atoms with Crippen LogP contribution in [0, 0.1) is 0 Å². The largest absolute Gasteiger partial charge is 0.479 e. The van der Waals surface area contributed by atoms with Crippen molar-refractivity contribution in [2.45, 2.75) is 12.0 Å². The van der Waals surface area contributed by atoms with Crippen molar-refractivity contribution in [1.29, 1.82) is 0 Å². The third kappa shape index (κ3) is 1.75. The molecule has 0 bridgehead atoms. The van der Waals surface area contributed by atoms with Gasteiger partial charge in [0, 0.05) is 5.56 Å². The van der Waals surface area contributed by atoms with E-state index in [4.69, 9.17) is 21.1 Å². The van der Waals surface area contributed by atoms with Crippen molar-refractivity contribution in [3.8, 4) is 0 Å². The van der Waals surface area contributed by atoms with Crippen LogP contribution in [0.1, 0.15) is 17.6 Å². The molecular weight excluding hydrogens is 234 g/mol. The Morgan fingerprint density at radius 3 is 2.94 bits per heavy atom. The molecule has 6 heteroatoms. The van der Waals surface area contributed by atoms with Crippen molar-refractivity contribution >= 4 is 28.7 Å². The number of halogens is 1. The zero-order chi connectivity index (χ0) is 11.7. The Hall–Kier alpha value is -1.59. The van der Waals surface area contributed by atoms with E-state index in [1.807, 2.05) is 0 Å². The second kappa shape index (κ2) is 4.11. The zero-order valence-corrected chi connectivity index (χ0v) is 8.81. The fraction of sp³-hybridized carbons (Fsp3) is 0.200. The summed E-state index contributed by atoms with van der Waals surface area (Å²) >= 11 is 5.69. The van der Waals surface area contributed by atoms with Gasteiger partial charge in [-0.25, -0.2) is 9.78 Å². The number of aromatic nitrogens is 1. The second-order valence-corrected chi connectivity index (χ2v) is 3.46. The summed E-state index contributed by atoms with van der Waals surface area (Å²) < 4.78 is 5.19. The third-order valence-electron chi connectivity index (χ3n) is 2.12. The molecule has 2 N–H and O–H groups in total. The van der Waals surface area contributed by atoms with E-state index in [2.05, 4.69) is 4.98 Å². The average molecular weight is 242 g/mol. The summed E-state index contributed by atoms with van der Waals surface area (Å²) in [6.45, 7) is 0. The molecule has 2 rings (SSSR count). The number of aliphatic carboxylic acids is 1. The summed E-state index contributed by atoms with van der Waals surface area (Å²) in [6, 6.07) is 5.14. The first kappa shape index (κ1) is 10.9. The molecule has 0 radical (unpaired) electrons. The quantitative estimate of drug-likeness (QED) is 0.799. The van der Waals surface area contributed by atoms with Crippen molar-refractivity contribution in [1.82, 2.24) is 4.98 Å². The molecular formula is C10H8ClNO4. The maximum atomic E-state index is 10.6. The van der Waals surface area contributed by atoms with Crippen molar-refractivity contribution in [2.24, 2.45) is 0 Å². The second-order valence-electron chi connectivity index (χ2n) is 3.19. The van der Waals surface area contributed by atoms with Crippen LogP contribution in [0.3, 0.4) is 0 Å². The summed E-state index contributed by atoms with van der Waals surface area (Å²) in [6.07, 6.45) is -1.75. The lowest BCUT2D eigenvalue weighted by molar-refractivity contribution is -0.148. The minimum absolute atomic E-state index is 0.231. The van der Waals surface area contributed by atoms with Gasteiger partial charge in [0.1, 0.15) is 5.52 Å². The number of aliphatic hydroxyl groups excluding tert-OH is 1. The number of hydrogen-bond donors (Lipinski definition) is 2. The fourth-order valence-electron chi connectivity index (χ4n) is 1.35. The molecule has 1 aromatic heterocycles. The van der Waals surface area contributed by atoms with Crippen molar-refractivity contribution < 1.29 is 19.4 Å². The highest BCUT2D eigenvalue weighted by molar-refractivity contribution is 6.17. The van der Waals surface area contributed by atoms with Crippen LogP contribution < -0.4 is 0 Å². The van der Waals surface area contributed by atoms with Gasteiger partial charge in [-0.3, -0.25) is 0 Å². The molecule has 0 aliphatic carbocycles. The first-order chi connectivity index (χ1) is 7.63. The summed E-state index contributed by atoms with van der Waals surface area (Å²) in [4.78, 5) is 14.4. The van der Waals surface area contributed by atoms with Gasteiger partial charge in [0.25, 0.3) is 0 Å². The molecule has 2 aromatic rings. The van der Waals surface area contributed by atoms with Crippen LogP contribution in [0.25, 0.3) is 11.1 Å². The van der Waals surface area contributed by atoms with Gasteiger partial charge >= 0.3 is 5.97 Å². The van der Waals surface area contributed by atoms with Crippen molar-refractivity contribution in [3.63, 3.8) is 0 Å². The van der Waals surface area contributed by atoms with Gasteiger partial charge in [-0.15, -0.1) is 11.6 Å². The van der Waals surface area contributed by atoms with Crippen molar-refractivity contribution in [3.05, 3.63) is 29.7 Å². The highest BCUT2D eigenvalue weighted by Gasteiger charge is 2.23. The van der Waals surface area contributed by atoms with E-state index < -0.39 is 12.1 Å². The Bertz CT molecular complexity index is 537. The van der Waals surface area contributed by atoms with E-state index in [1.54, 1.807) is 18.2 Å². The lowest BCUT2D eigenvalue weighted by Crippen LogP contribution is -2.10. The highest BCUT2D eigenvalue weighted by atomic mass is 35.5. The van der Waals surface area contributed by atoms with Gasteiger partial charge < -0.3 is 14.6 Å². The van der Waals surface area contributed by atoms with E-state index in [1.165, 1.54) is 0 Å². The Morgan fingerprint density at radius 2 is 2.31 bits per heavy atom. The van der Waals surface area contributed by atoms with Crippen LogP contribution in [0.2, 0.25) is 0 Å². The van der Waals surface area contributed by atoms with Crippen LogP contribution in [0.5, 0.6) is 0 Å². The van der Waals surface area contributed by atoms with E-state index in [-0.39, 0.29) is 11.8 Å². The topological polar surface area (TPSA) is 83.6 Å². The lowest BCUT2D eigenvalue weighted by Gasteiger charge is -1.97. The number of benzene rings is 1. The number of alkyl halides is 1. The standard InChI is InChI=1S/C10H8ClNO4/c11-4-5-2-1-3-6-8(5)16-9(12-6)7(13)10(14)15/h1-3,7,13H,4H2,(H,14,15). The van der Waals surface area contributed by atoms with Crippen molar-refractivity contribution in [2.75, 3.05) is 0 Å². The maximum Gasteiger partial charge on any atom is 0.342 e. The van der Waals surface area contributed by atoms with E-state index in [9.17, 15) is 9.90 Å². The molecule has 0 amide bonds. The van der Waals surface area contributed by atoms with Crippen LogP contribution in [-0.2, 0) is 10.7 Å². The zero-order valence-electron chi connectivity index (χ0n) is 8.05. The normalized spacial score (nSPS) is 12.9. The first-order valence-electron chi connectivity index (χ1n) is 4.48. The minimum Gasteiger partial charge on any atom is -0.479 e. The van der Waals surface area contributed by atoms with Gasteiger partial charge in [-0.2, -0.15) is 0 Å². The number of nitrogens with zero attached hydrogens (tertiary/aromatic N) is 1. The number of carboxylic acid groups (broad SMARTS) is 1. The molecule has 0 aliphatic heterocycles. The predicted octanol–water partition coefficient (Wildman–Crippen LogP) is 1.68. The highest BCUT2D eigenvalue weighted by Crippen LogP contribution is 2.24. The predicted molar refractivity (Wildman–Crippen MR) is 56.2 cm³/mol. The molecule has 0 spiro atoms. The van der Waals surface area contributed by atoms with Gasteiger partial charge in [0.2, 0.25) is 12.0 Å². The number of aliphatic hydroxyl groups is 1. The number of fused-ring (bicyclic) bond motifs is 1. The average Bonchev–Trinajstić information content (AvgIpc) is 2.70. The molecule has 1 aromatic carbocycles. The first-order valence-corrected chi connectivity index (χ1v) is 5.02. The SMILES string of the molecule is O=C(O)C(O)c1nc2cccc(CCl)c2o1. The molecule has 16 heavy (non-hydrogen) atoms. The number of oxazole rings is 1. The Kier molecular flexibility index (Phi) is 2.80. The van der Waals surface area contributed by atoms with E-state index >= 15 is 0 Å². The molecule has 0 fully saturated rings. The number of para-hydroxylation sites is 1. The van der Waals surface area contributed by atoms with Gasteiger partial charge in [0.05, 0.1) is 5.88 Å². The van der Waals surface area contributed by atoms with Gasteiger partial charge in [-0.1, -0.05) is 12.1 Å². The number of rotatable bonds is 3. The lowest BCUT2D eigenvalue weighted by atomic mass is 10.2. The molecule has 0 saturated heterocycles. The van der Waals surface area contributed by atoms with E-state index in [0.717, 1.165) is 0 Å². The van der Waals surface area contributed by atoms with Crippen LogP contribution in [-0.4, -0.2) is 21.2 Å². The maximum absolute atomic E-state index is 10.6. The molecule has 84 valence electrons. The third-order valence-corrected chi connectivity index (χ3v) is 2.41. The Labute approximate surface area is 95.3 Å². The molecule has 1 heterocycles. The molecule has 5 nitrogen and oxygen atoms in total. The van der Waals surface area contributed by atoms with Gasteiger partial charge in [-0.05, 0) is 6.07 Å². The summed E-state index contributed by atoms with van der Waals surface area (Å²) in [5.74, 6) is -1.41. The fourth-order valence-corrected chi connectivity index (χ4v) is 1.56. The Balaban J connectivity index is 2.55. The molecule has 0 aliphatic rings. The number of hydrogen-bond acceptors (Lipinski definition) is 4. The molecule has 0 saturated carbocycles. The Morgan fingerprint density at radius 1 is 1.56 bits per heavy atom. The summed E-state index contributed by atoms with van der Waals surface area (Å²) in [5.41, 5.74) is 1.59. The van der Waals surface area contributed by atoms with E-state index in [0.29, 0.717) is 16.7 Å². The minimum atomic E-state index is -1.75. The van der Waals surface area contributed by atoms with Crippen LogP contribution in [0.15, 0.2) is 22.6 Å². The summed E-state index contributed by atoms with van der Waals surface area (Å²) in [5, 5.41) is 17.9.